The minimum atomic E-state index is -2.51. The second-order valence-electron chi connectivity index (χ2n) is 7.28. The van der Waals surface area contributed by atoms with Gasteiger partial charge in [-0.05, 0) is 64.0 Å². The van der Waals surface area contributed by atoms with E-state index in [1.807, 2.05) is 19.9 Å². The van der Waals surface area contributed by atoms with Crippen LogP contribution in [-0.4, -0.2) is 10.7 Å². The lowest BCUT2D eigenvalue weighted by molar-refractivity contribution is 0.0107. The van der Waals surface area contributed by atoms with Gasteiger partial charge in [-0.2, -0.15) is 0 Å². The molecule has 0 radical (unpaired) electrons. The van der Waals surface area contributed by atoms with Gasteiger partial charge in [-0.1, -0.05) is 31.4 Å². The molecular formula is C21H30O2. The molecule has 1 aromatic carbocycles. The van der Waals surface area contributed by atoms with E-state index in [0.29, 0.717) is 11.3 Å². The molecule has 1 aliphatic heterocycles. The average molecular weight is 319 g/mol. The van der Waals surface area contributed by atoms with Crippen molar-refractivity contribution >= 4 is 0 Å². The van der Waals surface area contributed by atoms with Crippen LogP contribution in [0.3, 0.4) is 0 Å². The maximum atomic E-state index is 10.8. The van der Waals surface area contributed by atoms with Gasteiger partial charge in [-0.15, -0.1) is 0 Å². The fourth-order valence-electron chi connectivity index (χ4n) is 3.83. The molecule has 0 bridgehead atoms. The third kappa shape index (κ3) is 3.13. The van der Waals surface area contributed by atoms with Gasteiger partial charge in [0.05, 0.1) is 0 Å². The quantitative estimate of drug-likeness (QED) is 0.567. The molecule has 0 aromatic heterocycles. The summed E-state index contributed by atoms with van der Waals surface area (Å²) in [5, 5.41) is 10.8. The topological polar surface area (TPSA) is 29.5 Å². The molecule has 126 valence electrons. The predicted molar refractivity (Wildman–Crippen MR) is 95.3 cm³/mol. The molecule has 0 fully saturated rings. The third-order valence-corrected chi connectivity index (χ3v) is 5.14. The minimum absolute atomic E-state index is 0.0476. The molecule has 3 rings (SSSR count). The Hall–Kier alpha value is -1.44. The van der Waals surface area contributed by atoms with E-state index in [-0.39, 0.29) is 29.6 Å². The van der Waals surface area contributed by atoms with E-state index >= 15 is 0 Å². The summed E-state index contributed by atoms with van der Waals surface area (Å²) in [6.45, 7) is 3.47. The molecule has 1 heterocycles. The van der Waals surface area contributed by atoms with Crippen LogP contribution in [0.25, 0.3) is 0 Å². The van der Waals surface area contributed by atoms with E-state index in [2.05, 4.69) is 6.92 Å². The first-order valence-corrected chi connectivity index (χ1v) is 8.64. The number of allylic oxidation sites excluding steroid dienone is 2. The number of benzene rings is 1. The Morgan fingerprint density at radius 2 is 2.22 bits per heavy atom. The molecular weight excluding hydrogens is 284 g/mol. The average Bonchev–Trinajstić information content (AvgIpc) is 2.52. The number of aromatic hydroxyl groups is 1. The molecule has 2 heteroatoms. The summed E-state index contributed by atoms with van der Waals surface area (Å²) in [5.74, 6) is 0.0417. The summed E-state index contributed by atoms with van der Waals surface area (Å²) >= 11 is 0. The van der Waals surface area contributed by atoms with Crippen molar-refractivity contribution in [3.05, 3.63) is 34.9 Å². The number of unbranched alkanes of at least 4 members (excludes halogenated alkanes) is 2. The Kier molecular flexibility index (Phi) is 3.02. The summed E-state index contributed by atoms with van der Waals surface area (Å²) in [6, 6.07) is 3.70. The van der Waals surface area contributed by atoms with Crippen molar-refractivity contribution in [2.75, 3.05) is 0 Å². The highest BCUT2D eigenvalue weighted by Gasteiger charge is 2.45. The van der Waals surface area contributed by atoms with E-state index in [4.69, 9.17) is 11.6 Å². The zero-order valence-electron chi connectivity index (χ0n) is 19.3. The van der Waals surface area contributed by atoms with Gasteiger partial charge in [0, 0.05) is 24.3 Å². The van der Waals surface area contributed by atoms with Gasteiger partial charge in [0.2, 0.25) is 0 Å². The van der Waals surface area contributed by atoms with Crippen molar-refractivity contribution in [1.29, 1.82) is 0 Å². The normalized spacial score (nSPS) is 31.1. The van der Waals surface area contributed by atoms with Crippen molar-refractivity contribution in [3.8, 4) is 11.5 Å². The van der Waals surface area contributed by atoms with Gasteiger partial charge < -0.3 is 9.84 Å². The number of hydrogen-bond acceptors (Lipinski definition) is 2. The van der Waals surface area contributed by atoms with Gasteiger partial charge in [0.25, 0.3) is 0 Å². The molecule has 2 nitrogen and oxygen atoms in total. The lowest BCUT2D eigenvalue weighted by Crippen LogP contribution is -2.45. The highest BCUT2D eigenvalue weighted by molar-refractivity contribution is 5.53. The summed E-state index contributed by atoms with van der Waals surface area (Å²) in [4.78, 5) is 0. The fourth-order valence-corrected chi connectivity index (χ4v) is 3.83. The van der Waals surface area contributed by atoms with Crippen LogP contribution in [0.5, 0.6) is 11.5 Å². The Labute approximate surface area is 147 Å². The first-order chi connectivity index (χ1) is 12.9. The van der Waals surface area contributed by atoms with Crippen LogP contribution in [0.15, 0.2) is 23.8 Å². The van der Waals surface area contributed by atoms with E-state index in [1.54, 1.807) is 6.07 Å². The highest BCUT2D eigenvalue weighted by Crippen LogP contribution is 2.53. The van der Waals surface area contributed by atoms with Gasteiger partial charge >= 0.3 is 0 Å². The SMILES string of the molecule is [2H]C([2H])([2H])C1=C[C@H]2c3c(O)cc(CCCCC)cc3OC(C)(C)[C@@H]2CC1([2H])[2H]. The zero-order chi connectivity index (χ0) is 20.9. The van der Waals surface area contributed by atoms with Gasteiger partial charge in [-0.25, -0.2) is 0 Å². The van der Waals surface area contributed by atoms with Crippen LogP contribution in [-0.2, 0) is 6.42 Å². The van der Waals surface area contributed by atoms with Crippen molar-refractivity contribution in [2.24, 2.45) is 5.92 Å². The Morgan fingerprint density at radius 3 is 2.96 bits per heavy atom. The maximum Gasteiger partial charge on any atom is 0.127 e. The molecule has 23 heavy (non-hydrogen) atoms. The van der Waals surface area contributed by atoms with Crippen molar-refractivity contribution < 1.29 is 16.7 Å². The number of phenols is 1. The monoisotopic (exact) mass is 319 g/mol. The summed E-state index contributed by atoms with van der Waals surface area (Å²) in [5.41, 5.74) is 0.748. The molecule has 1 aromatic rings. The number of ether oxygens (including phenoxy) is 1. The van der Waals surface area contributed by atoms with Gasteiger partial charge in [-0.3, -0.25) is 0 Å². The predicted octanol–water partition coefficient (Wildman–Crippen LogP) is 5.74. The van der Waals surface area contributed by atoms with Crippen molar-refractivity contribution in [3.63, 3.8) is 0 Å². The van der Waals surface area contributed by atoms with Gasteiger partial charge in [0.15, 0.2) is 0 Å². The second kappa shape index (κ2) is 6.22. The molecule has 0 saturated heterocycles. The molecule has 0 amide bonds. The summed E-state index contributed by atoms with van der Waals surface area (Å²) in [6.07, 6.45) is 3.77. The molecule has 1 N–H and O–H groups in total. The number of hydrogen-bond donors (Lipinski definition) is 1. The van der Waals surface area contributed by atoms with E-state index < -0.39 is 18.8 Å². The van der Waals surface area contributed by atoms with Crippen LogP contribution in [0, 0.1) is 5.92 Å². The van der Waals surface area contributed by atoms with Crippen LogP contribution in [0.4, 0.5) is 0 Å². The zero-order valence-corrected chi connectivity index (χ0v) is 14.3. The van der Waals surface area contributed by atoms with E-state index in [1.165, 1.54) is 6.08 Å². The molecule has 2 atom stereocenters. The van der Waals surface area contributed by atoms with Crippen LogP contribution < -0.4 is 4.74 Å². The lowest BCUT2D eigenvalue weighted by Gasteiger charge is -2.46. The van der Waals surface area contributed by atoms with Gasteiger partial charge in [0.1, 0.15) is 17.1 Å². The minimum Gasteiger partial charge on any atom is -0.507 e. The number of fused-ring (bicyclic) bond motifs is 3. The van der Waals surface area contributed by atoms with Crippen LogP contribution >= 0.6 is 0 Å². The maximum absolute atomic E-state index is 10.8. The number of phenolic OH excluding ortho intramolecular Hbond substituents is 1. The highest BCUT2D eigenvalue weighted by atomic mass is 16.5. The Balaban J connectivity index is 2.10. The second-order valence-corrected chi connectivity index (χ2v) is 7.28. The first-order valence-electron chi connectivity index (χ1n) is 11.1. The standard InChI is InChI=1S/C21H30O2/c1-5-6-7-8-15-12-18(22)20-16-11-14(2)9-10-17(16)21(3,4)23-19(20)13-15/h11-13,16-17,22H,5-10H2,1-4H3/t16-,17-/m1/s1/i2D3,9D2. The van der Waals surface area contributed by atoms with Crippen molar-refractivity contribution in [2.45, 2.75) is 77.6 Å². The fraction of sp³-hybridized carbons (Fsp3) is 0.619. The van der Waals surface area contributed by atoms with E-state index in [9.17, 15) is 5.11 Å². The first kappa shape index (κ1) is 11.2. The molecule has 0 spiro atoms. The smallest absolute Gasteiger partial charge is 0.127 e. The molecule has 0 saturated carbocycles. The Bertz CT molecular complexity index is 780. The third-order valence-electron chi connectivity index (χ3n) is 5.14. The number of aryl methyl sites for hydroxylation is 1. The van der Waals surface area contributed by atoms with Crippen LogP contribution in [0.1, 0.15) is 83.6 Å². The lowest BCUT2D eigenvalue weighted by atomic mass is 9.68. The van der Waals surface area contributed by atoms with Crippen molar-refractivity contribution in [1.82, 2.24) is 0 Å². The largest absolute Gasteiger partial charge is 0.507 e. The number of rotatable bonds is 4. The summed E-state index contributed by atoms with van der Waals surface area (Å²) in [7, 11) is 0. The molecule has 2 aliphatic rings. The van der Waals surface area contributed by atoms with E-state index in [0.717, 1.165) is 31.2 Å². The molecule has 0 unspecified atom stereocenters. The summed E-state index contributed by atoms with van der Waals surface area (Å²) < 4.78 is 46.2. The Morgan fingerprint density at radius 1 is 1.39 bits per heavy atom. The van der Waals surface area contributed by atoms with Crippen LogP contribution in [0.2, 0.25) is 0 Å². The molecule has 1 aliphatic carbocycles.